The Morgan fingerprint density at radius 2 is 1.80 bits per heavy atom. The van der Waals surface area contributed by atoms with E-state index in [2.05, 4.69) is 10.6 Å². The lowest BCUT2D eigenvalue weighted by atomic mass is 9.57. The quantitative estimate of drug-likeness (QED) is 0.622. The monoisotopic (exact) mass is 445 g/mol. The first-order valence-electron chi connectivity index (χ1n) is 10.3. The molecule has 30 heavy (non-hydrogen) atoms. The zero-order valence-electron chi connectivity index (χ0n) is 16.6. The lowest BCUT2D eigenvalue weighted by Crippen LogP contribution is -2.66. The molecule has 1 aliphatic heterocycles. The molecule has 1 aliphatic carbocycles. The van der Waals surface area contributed by atoms with E-state index in [0.29, 0.717) is 16.5 Å². The van der Waals surface area contributed by atoms with Gasteiger partial charge < -0.3 is 16.4 Å². The number of amides is 2. The van der Waals surface area contributed by atoms with Crippen molar-refractivity contribution < 1.29 is 9.59 Å². The summed E-state index contributed by atoms with van der Waals surface area (Å²) in [5, 5.41) is 7.69. The Balaban J connectivity index is 1.91. The van der Waals surface area contributed by atoms with Gasteiger partial charge in [-0.1, -0.05) is 60.7 Å². The number of carbonyl (C=O) groups excluding carboxylic acids is 2. The van der Waals surface area contributed by atoms with Crippen LogP contribution in [0.25, 0.3) is 0 Å². The lowest BCUT2D eigenvalue weighted by Gasteiger charge is -2.50. The molecule has 2 amide bonds. The Morgan fingerprint density at radius 3 is 2.50 bits per heavy atom. The predicted octanol–water partition coefficient (Wildman–Crippen LogP) is 4.20. The Hall–Kier alpha value is -2.08. The number of anilines is 1. The van der Waals surface area contributed by atoms with Crippen molar-refractivity contribution in [3.63, 3.8) is 0 Å². The van der Waals surface area contributed by atoms with Crippen LogP contribution in [0, 0.1) is 0 Å². The second-order valence-corrected chi connectivity index (χ2v) is 9.19. The molecule has 158 valence electrons. The van der Waals surface area contributed by atoms with Crippen molar-refractivity contribution in [3.8, 4) is 0 Å². The Morgan fingerprint density at radius 1 is 1.07 bits per heavy atom. The maximum atomic E-state index is 13.8. The first-order valence-corrected chi connectivity index (χ1v) is 11.0. The second-order valence-electron chi connectivity index (χ2n) is 8.32. The number of nitrogens with two attached hydrogens (primary N) is 1. The molecular weight excluding hydrogens is 421 g/mol. The molecule has 7 heteroatoms. The average Bonchev–Trinajstić information content (AvgIpc) is 2.99. The Kier molecular flexibility index (Phi) is 5.80. The van der Waals surface area contributed by atoms with Gasteiger partial charge in [-0.15, -0.1) is 0 Å². The van der Waals surface area contributed by atoms with Crippen LogP contribution in [0.4, 0.5) is 5.69 Å². The van der Waals surface area contributed by atoms with Crippen molar-refractivity contribution >= 4 is 40.7 Å². The molecule has 0 saturated heterocycles. The van der Waals surface area contributed by atoms with Gasteiger partial charge >= 0.3 is 0 Å². The first-order chi connectivity index (χ1) is 14.4. The molecular formula is C23H25Cl2N3O2. The van der Waals surface area contributed by atoms with Gasteiger partial charge in [0.2, 0.25) is 11.8 Å². The van der Waals surface area contributed by atoms with E-state index in [9.17, 15) is 9.59 Å². The largest absolute Gasteiger partial charge is 0.369 e. The Labute approximate surface area is 186 Å². The topological polar surface area (TPSA) is 84.2 Å². The summed E-state index contributed by atoms with van der Waals surface area (Å²) in [5.41, 5.74) is 6.57. The standard InChI is InChI=1S/C23H25Cl2N3O2/c24-16-6-4-5-15(11-16)13-23(18-8-7-17(25)12-19(18)28-21(23)30)22(27-14-20(26)29)9-2-1-3-10-22/h4-8,11-12,27H,1-3,9-10,13-14H2,(H2,26,29)(H,28,30). The third-order valence-electron chi connectivity index (χ3n) is 6.56. The Bertz CT molecular complexity index is 988. The van der Waals surface area contributed by atoms with E-state index >= 15 is 0 Å². The van der Waals surface area contributed by atoms with Crippen LogP contribution in [0.1, 0.15) is 43.2 Å². The predicted molar refractivity (Wildman–Crippen MR) is 120 cm³/mol. The molecule has 1 fully saturated rings. The van der Waals surface area contributed by atoms with E-state index in [1.165, 1.54) is 0 Å². The summed E-state index contributed by atoms with van der Waals surface area (Å²) in [7, 11) is 0. The number of nitrogens with one attached hydrogen (secondary N) is 2. The lowest BCUT2D eigenvalue weighted by molar-refractivity contribution is -0.126. The number of hydrogen-bond donors (Lipinski definition) is 3. The maximum absolute atomic E-state index is 13.8. The van der Waals surface area contributed by atoms with Crippen LogP contribution < -0.4 is 16.4 Å². The van der Waals surface area contributed by atoms with E-state index < -0.39 is 16.9 Å². The van der Waals surface area contributed by atoms with Gasteiger partial charge in [-0.05, 0) is 54.7 Å². The smallest absolute Gasteiger partial charge is 0.237 e. The molecule has 4 rings (SSSR count). The van der Waals surface area contributed by atoms with Gasteiger partial charge in [0.05, 0.1) is 12.0 Å². The molecule has 5 nitrogen and oxygen atoms in total. The molecule has 2 aromatic rings. The zero-order chi connectivity index (χ0) is 21.4. The minimum absolute atomic E-state index is 0.0213. The van der Waals surface area contributed by atoms with E-state index in [1.54, 1.807) is 6.07 Å². The average molecular weight is 446 g/mol. The van der Waals surface area contributed by atoms with Crippen LogP contribution in [-0.4, -0.2) is 23.9 Å². The summed E-state index contributed by atoms with van der Waals surface area (Å²) in [6.45, 7) is 0.0213. The normalized spacial score (nSPS) is 22.4. The number of carbonyl (C=O) groups is 2. The fraction of sp³-hybridized carbons (Fsp3) is 0.391. The highest BCUT2D eigenvalue weighted by molar-refractivity contribution is 6.31. The van der Waals surface area contributed by atoms with Gasteiger partial charge in [-0.3, -0.25) is 9.59 Å². The minimum Gasteiger partial charge on any atom is -0.369 e. The molecule has 2 aromatic carbocycles. The fourth-order valence-electron chi connectivity index (χ4n) is 5.28. The van der Waals surface area contributed by atoms with Gasteiger partial charge in [0.15, 0.2) is 0 Å². The van der Waals surface area contributed by atoms with Crippen molar-refractivity contribution in [1.82, 2.24) is 5.32 Å². The van der Waals surface area contributed by atoms with Crippen LogP contribution in [0.2, 0.25) is 10.0 Å². The molecule has 1 heterocycles. The fourth-order valence-corrected chi connectivity index (χ4v) is 5.67. The molecule has 0 spiro atoms. The number of benzene rings is 2. The van der Waals surface area contributed by atoms with Crippen molar-refractivity contribution in [3.05, 3.63) is 63.6 Å². The van der Waals surface area contributed by atoms with Gasteiger partial charge in [-0.2, -0.15) is 0 Å². The van der Waals surface area contributed by atoms with Crippen LogP contribution in [0.3, 0.4) is 0 Å². The van der Waals surface area contributed by atoms with Crippen molar-refractivity contribution in [2.45, 2.75) is 49.5 Å². The molecule has 1 saturated carbocycles. The third kappa shape index (κ3) is 3.59. The second kappa shape index (κ2) is 8.22. The molecule has 0 bridgehead atoms. The van der Waals surface area contributed by atoms with E-state index in [-0.39, 0.29) is 12.5 Å². The van der Waals surface area contributed by atoms with E-state index in [0.717, 1.165) is 48.9 Å². The van der Waals surface area contributed by atoms with E-state index in [4.69, 9.17) is 28.9 Å². The molecule has 2 aliphatic rings. The third-order valence-corrected chi connectivity index (χ3v) is 7.03. The molecule has 1 atom stereocenters. The maximum Gasteiger partial charge on any atom is 0.237 e. The number of primary amides is 1. The summed E-state index contributed by atoms with van der Waals surface area (Å²) in [4.78, 5) is 25.5. The van der Waals surface area contributed by atoms with Crippen molar-refractivity contribution in [2.24, 2.45) is 5.73 Å². The highest BCUT2D eigenvalue weighted by Gasteiger charge is 2.60. The molecule has 0 radical (unpaired) electrons. The summed E-state index contributed by atoms with van der Waals surface area (Å²) >= 11 is 12.5. The van der Waals surface area contributed by atoms with Crippen molar-refractivity contribution in [2.75, 3.05) is 11.9 Å². The number of fused-ring (bicyclic) bond motifs is 1. The van der Waals surface area contributed by atoms with Crippen LogP contribution >= 0.6 is 23.2 Å². The highest BCUT2D eigenvalue weighted by atomic mass is 35.5. The SMILES string of the molecule is NC(=O)CNC1(C2(Cc3cccc(Cl)c3)C(=O)Nc3cc(Cl)ccc32)CCCCC1. The first kappa shape index (κ1) is 21.2. The number of rotatable bonds is 6. The van der Waals surface area contributed by atoms with Crippen molar-refractivity contribution in [1.29, 1.82) is 0 Å². The van der Waals surface area contributed by atoms with Gasteiger partial charge in [-0.25, -0.2) is 0 Å². The summed E-state index contributed by atoms with van der Waals surface area (Å²) in [5.74, 6) is -0.522. The summed E-state index contributed by atoms with van der Waals surface area (Å²) in [6.07, 6.45) is 5.05. The highest BCUT2D eigenvalue weighted by Crippen LogP contribution is 2.53. The molecule has 1 unspecified atom stereocenters. The molecule has 0 aromatic heterocycles. The van der Waals surface area contributed by atoms with Crippen LogP contribution in [0.15, 0.2) is 42.5 Å². The summed E-state index contributed by atoms with van der Waals surface area (Å²) in [6, 6.07) is 13.1. The zero-order valence-corrected chi connectivity index (χ0v) is 18.2. The van der Waals surface area contributed by atoms with Gasteiger partial charge in [0.1, 0.15) is 0 Å². The molecule has 4 N–H and O–H groups in total. The number of hydrogen-bond acceptors (Lipinski definition) is 3. The van der Waals surface area contributed by atoms with Gasteiger partial charge in [0, 0.05) is 21.3 Å². The minimum atomic E-state index is -0.909. The van der Waals surface area contributed by atoms with E-state index in [1.807, 2.05) is 36.4 Å². The van der Waals surface area contributed by atoms with Crippen LogP contribution in [0.5, 0.6) is 0 Å². The summed E-state index contributed by atoms with van der Waals surface area (Å²) < 4.78 is 0. The van der Waals surface area contributed by atoms with Gasteiger partial charge in [0.25, 0.3) is 0 Å². The van der Waals surface area contributed by atoms with Crippen LogP contribution in [-0.2, 0) is 21.4 Å². The number of halogens is 2.